The molecule has 6 heteroatoms. The summed E-state index contributed by atoms with van der Waals surface area (Å²) in [7, 11) is 0. The molecule has 3 N–H and O–H groups in total. The minimum absolute atomic E-state index is 0.00105. The Morgan fingerprint density at radius 3 is 2.79 bits per heavy atom. The molecule has 0 saturated carbocycles. The summed E-state index contributed by atoms with van der Waals surface area (Å²) in [6.45, 7) is 2.40. The summed E-state index contributed by atoms with van der Waals surface area (Å²) >= 11 is 0. The maximum atomic E-state index is 13.2. The Morgan fingerprint density at radius 1 is 1.42 bits per heavy atom. The highest BCUT2D eigenvalue weighted by molar-refractivity contribution is 5.94. The second kappa shape index (κ2) is 7.35. The van der Waals surface area contributed by atoms with Gasteiger partial charge in [-0.1, -0.05) is 0 Å². The number of halogens is 1. The maximum Gasteiger partial charge on any atom is 0.305 e. The van der Waals surface area contributed by atoms with Crippen molar-refractivity contribution in [2.24, 2.45) is 0 Å². The second-order valence-corrected chi connectivity index (χ2v) is 3.90. The van der Waals surface area contributed by atoms with E-state index in [0.717, 1.165) is 6.07 Å². The lowest BCUT2D eigenvalue weighted by Crippen LogP contribution is -2.25. The Kier molecular flexibility index (Phi) is 5.78. The van der Waals surface area contributed by atoms with E-state index in [4.69, 9.17) is 10.5 Å². The van der Waals surface area contributed by atoms with Gasteiger partial charge >= 0.3 is 5.97 Å². The molecule has 0 aliphatic carbocycles. The molecule has 0 aromatic heterocycles. The first-order chi connectivity index (χ1) is 9.04. The van der Waals surface area contributed by atoms with E-state index in [9.17, 15) is 14.0 Å². The van der Waals surface area contributed by atoms with Crippen LogP contribution in [0.25, 0.3) is 0 Å². The minimum Gasteiger partial charge on any atom is -0.466 e. The van der Waals surface area contributed by atoms with Crippen LogP contribution in [0.2, 0.25) is 0 Å². The fourth-order valence-corrected chi connectivity index (χ4v) is 1.44. The molecule has 5 nitrogen and oxygen atoms in total. The summed E-state index contributed by atoms with van der Waals surface area (Å²) in [5.74, 6) is -1.32. The number of carbonyl (C=O) groups is 2. The number of hydrogen-bond donors (Lipinski definition) is 2. The third-order valence-electron chi connectivity index (χ3n) is 2.41. The molecular weight excluding hydrogens is 251 g/mol. The van der Waals surface area contributed by atoms with E-state index in [1.807, 2.05) is 0 Å². The topological polar surface area (TPSA) is 81.4 Å². The van der Waals surface area contributed by atoms with Crippen molar-refractivity contribution < 1.29 is 18.7 Å². The first-order valence-corrected chi connectivity index (χ1v) is 6.03. The van der Waals surface area contributed by atoms with Crippen molar-refractivity contribution in [3.63, 3.8) is 0 Å². The van der Waals surface area contributed by atoms with Gasteiger partial charge in [0.25, 0.3) is 5.91 Å². The number of amides is 1. The van der Waals surface area contributed by atoms with Crippen LogP contribution in [0.4, 0.5) is 10.1 Å². The molecule has 19 heavy (non-hydrogen) atoms. The number of rotatable bonds is 6. The highest BCUT2D eigenvalue weighted by Gasteiger charge is 2.08. The molecule has 104 valence electrons. The van der Waals surface area contributed by atoms with Gasteiger partial charge in [-0.2, -0.15) is 0 Å². The van der Waals surface area contributed by atoms with Crippen LogP contribution >= 0.6 is 0 Å². The highest BCUT2D eigenvalue weighted by atomic mass is 19.1. The highest BCUT2D eigenvalue weighted by Crippen LogP contribution is 2.11. The van der Waals surface area contributed by atoms with Gasteiger partial charge in [-0.15, -0.1) is 0 Å². The largest absolute Gasteiger partial charge is 0.466 e. The van der Waals surface area contributed by atoms with Crippen molar-refractivity contribution in [3.05, 3.63) is 29.6 Å². The van der Waals surface area contributed by atoms with E-state index in [2.05, 4.69) is 5.32 Å². The smallest absolute Gasteiger partial charge is 0.305 e. The Hall–Kier alpha value is -2.11. The second-order valence-electron chi connectivity index (χ2n) is 3.90. The molecule has 0 unspecified atom stereocenters. The number of benzene rings is 1. The van der Waals surface area contributed by atoms with Crippen molar-refractivity contribution in [2.45, 2.75) is 19.8 Å². The quantitative estimate of drug-likeness (QED) is 0.465. The van der Waals surface area contributed by atoms with Gasteiger partial charge in [0, 0.05) is 18.5 Å². The molecular formula is C13H17FN2O3. The predicted octanol–water partition coefficient (Wildman–Crippen LogP) is 1.48. The third-order valence-corrected chi connectivity index (χ3v) is 2.41. The van der Waals surface area contributed by atoms with E-state index in [1.165, 1.54) is 12.1 Å². The van der Waals surface area contributed by atoms with Gasteiger partial charge in [-0.25, -0.2) is 4.39 Å². The summed E-state index contributed by atoms with van der Waals surface area (Å²) in [5.41, 5.74) is 5.51. The van der Waals surface area contributed by atoms with Crippen LogP contribution in [-0.4, -0.2) is 25.0 Å². The summed E-state index contributed by atoms with van der Waals surface area (Å²) in [6, 6.07) is 3.86. The fraction of sp³-hybridized carbons (Fsp3) is 0.385. The van der Waals surface area contributed by atoms with Gasteiger partial charge in [0.1, 0.15) is 5.82 Å². The molecule has 0 radical (unpaired) electrons. The Morgan fingerprint density at radius 2 is 2.16 bits per heavy atom. The van der Waals surface area contributed by atoms with Crippen LogP contribution in [-0.2, 0) is 9.53 Å². The average molecular weight is 268 g/mol. The van der Waals surface area contributed by atoms with Crippen LogP contribution < -0.4 is 11.1 Å². The van der Waals surface area contributed by atoms with Crippen molar-refractivity contribution >= 4 is 17.6 Å². The van der Waals surface area contributed by atoms with Gasteiger partial charge in [-0.05, 0) is 31.5 Å². The molecule has 1 aromatic rings. The Bertz CT molecular complexity index is 463. The molecule has 0 fully saturated rings. The first kappa shape index (κ1) is 14.9. The van der Waals surface area contributed by atoms with Crippen LogP contribution in [0, 0.1) is 5.82 Å². The van der Waals surface area contributed by atoms with E-state index in [1.54, 1.807) is 6.92 Å². The van der Waals surface area contributed by atoms with Crippen molar-refractivity contribution in [1.82, 2.24) is 5.32 Å². The van der Waals surface area contributed by atoms with E-state index < -0.39 is 11.7 Å². The van der Waals surface area contributed by atoms with Crippen LogP contribution in [0.1, 0.15) is 30.1 Å². The van der Waals surface area contributed by atoms with Crippen molar-refractivity contribution in [3.8, 4) is 0 Å². The monoisotopic (exact) mass is 268 g/mol. The Balaban J connectivity index is 2.35. The molecule has 1 rings (SSSR count). The fourth-order valence-electron chi connectivity index (χ4n) is 1.44. The first-order valence-electron chi connectivity index (χ1n) is 6.03. The number of ether oxygens (including phenoxy) is 1. The zero-order valence-electron chi connectivity index (χ0n) is 10.7. The lowest BCUT2D eigenvalue weighted by molar-refractivity contribution is -0.143. The zero-order valence-corrected chi connectivity index (χ0v) is 10.7. The number of nitrogens with two attached hydrogens (primary N) is 1. The molecule has 0 saturated heterocycles. The van der Waals surface area contributed by atoms with Gasteiger partial charge < -0.3 is 15.8 Å². The summed E-state index contributed by atoms with van der Waals surface area (Å²) in [5, 5.41) is 2.59. The normalized spacial score (nSPS) is 10.0. The molecule has 0 bridgehead atoms. The summed E-state index contributed by atoms with van der Waals surface area (Å²) in [4.78, 5) is 22.7. The van der Waals surface area contributed by atoms with E-state index in [0.29, 0.717) is 19.6 Å². The summed E-state index contributed by atoms with van der Waals surface area (Å²) in [6.07, 6.45) is 0.715. The molecule has 0 heterocycles. The number of nitrogen functional groups attached to an aromatic ring is 1. The van der Waals surface area contributed by atoms with Gasteiger partial charge in [0.2, 0.25) is 0 Å². The predicted molar refractivity (Wildman–Crippen MR) is 69.0 cm³/mol. The number of esters is 1. The number of anilines is 1. The lowest BCUT2D eigenvalue weighted by atomic mass is 10.2. The third kappa shape index (κ3) is 4.95. The minimum atomic E-state index is -0.626. The van der Waals surface area contributed by atoms with Crippen molar-refractivity contribution in [1.29, 1.82) is 0 Å². The number of nitrogens with one attached hydrogen (secondary N) is 1. The zero-order chi connectivity index (χ0) is 14.3. The van der Waals surface area contributed by atoms with E-state index in [-0.39, 0.29) is 23.6 Å². The molecule has 1 amide bonds. The van der Waals surface area contributed by atoms with E-state index >= 15 is 0 Å². The maximum absolute atomic E-state index is 13.2. The lowest BCUT2D eigenvalue weighted by Gasteiger charge is -2.06. The molecule has 0 aliphatic heterocycles. The molecule has 0 aliphatic rings. The molecule has 0 atom stereocenters. The molecule has 0 spiro atoms. The Labute approximate surface area is 110 Å². The van der Waals surface area contributed by atoms with Crippen LogP contribution in [0.3, 0.4) is 0 Å². The summed E-state index contributed by atoms with van der Waals surface area (Å²) < 4.78 is 17.9. The number of carbonyl (C=O) groups excluding carboxylic acids is 2. The van der Waals surface area contributed by atoms with Gasteiger partial charge in [0.15, 0.2) is 0 Å². The average Bonchev–Trinajstić information content (AvgIpc) is 2.38. The SMILES string of the molecule is CCOC(=O)CCCNC(=O)c1ccc(N)c(F)c1. The van der Waals surface area contributed by atoms with Gasteiger partial charge in [-0.3, -0.25) is 9.59 Å². The molecule has 1 aromatic carbocycles. The number of hydrogen-bond acceptors (Lipinski definition) is 4. The van der Waals surface area contributed by atoms with Gasteiger partial charge in [0.05, 0.1) is 12.3 Å². The van der Waals surface area contributed by atoms with Crippen LogP contribution in [0.15, 0.2) is 18.2 Å². The van der Waals surface area contributed by atoms with Crippen LogP contribution in [0.5, 0.6) is 0 Å². The standard InChI is InChI=1S/C13H17FN2O3/c1-2-19-12(17)4-3-7-16-13(18)9-5-6-11(15)10(14)8-9/h5-6,8H,2-4,7,15H2,1H3,(H,16,18). The van der Waals surface area contributed by atoms with Crippen molar-refractivity contribution in [2.75, 3.05) is 18.9 Å².